The summed E-state index contributed by atoms with van der Waals surface area (Å²) in [4.78, 5) is 11.4. The molecule has 0 saturated heterocycles. The van der Waals surface area contributed by atoms with Gasteiger partial charge in [0, 0.05) is 25.6 Å². The second-order valence-corrected chi connectivity index (χ2v) is 4.83. The largest absolute Gasteiger partial charge is 0.382 e. The molecule has 0 atom stereocenters. The van der Waals surface area contributed by atoms with Gasteiger partial charge in [-0.2, -0.15) is 0 Å². The normalized spacial score (nSPS) is 10.6. The minimum absolute atomic E-state index is 0.0735. The van der Waals surface area contributed by atoms with E-state index in [1.807, 2.05) is 0 Å². The quantitative estimate of drug-likeness (QED) is 0.800. The van der Waals surface area contributed by atoms with Crippen molar-refractivity contribution in [2.24, 2.45) is 5.92 Å². The number of halogens is 2. The van der Waals surface area contributed by atoms with Crippen molar-refractivity contribution in [1.29, 1.82) is 0 Å². The molecule has 0 aliphatic heterocycles. The predicted molar refractivity (Wildman–Crippen MR) is 71.9 cm³/mol. The maximum absolute atomic E-state index is 13.3. The molecule has 0 spiro atoms. The average molecular weight is 270 g/mol. The van der Waals surface area contributed by atoms with Gasteiger partial charge >= 0.3 is 0 Å². The molecule has 3 nitrogen and oxygen atoms in total. The van der Waals surface area contributed by atoms with E-state index in [-0.39, 0.29) is 18.0 Å². The van der Waals surface area contributed by atoms with Gasteiger partial charge in [-0.05, 0) is 24.5 Å². The second kappa shape index (κ2) is 7.71. The van der Waals surface area contributed by atoms with E-state index in [0.29, 0.717) is 19.0 Å². The Morgan fingerprint density at radius 1 is 1.26 bits per heavy atom. The van der Waals surface area contributed by atoms with Crippen LogP contribution in [0, 0.1) is 17.6 Å². The van der Waals surface area contributed by atoms with Gasteiger partial charge in [0.2, 0.25) is 5.91 Å². The van der Waals surface area contributed by atoms with Crippen LogP contribution in [0.5, 0.6) is 0 Å². The van der Waals surface area contributed by atoms with Gasteiger partial charge < -0.3 is 10.6 Å². The molecule has 0 bridgehead atoms. The first-order chi connectivity index (χ1) is 8.99. The summed E-state index contributed by atoms with van der Waals surface area (Å²) in [5, 5.41) is 5.56. The Bertz CT molecular complexity index is 422. The lowest BCUT2D eigenvalue weighted by atomic mass is 10.1. The van der Waals surface area contributed by atoms with Crippen molar-refractivity contribution in [3.63, 3.8) is 0 Å². The Balaban J connectivity index is 2.24. The van der Waals surface area contributed by atoms with Gasteiger partial charge in [0.15, 0.2) is 0 Å². The molecule has 5 heteroatoms. The maximum Gasteiger partial charge on any atom is 0.221 e. The SMILES string of the molecule is CC(C)CCNC(=O)CCNc1ccc(F)cc1F. The Kier molecular flexibility index (Phi) is 6.25. The number of anilines is 1. The summed E-state index contributed by atoms with van der Waals surface area (Å²) in [5.74, 6) is -0.794. The van der Waals surface area contributed by atoms with Crippen LogP contribution < -0.4 is 10.6 Å². The summed E-state index contributed by atoms with van der Waals surface area (Å²) in [6.45, 7) is 5.15. The van der Waals surface area contributed by atoms with Gasteiger partial charge in [-0.1, -0.05) is 13.8 Å². The summed E-state index contributed by atoms with van der Waals surface area (Å²) in [7, 11) is 0. The van der Waals surface area contributed by atoms with E-state index < -0.39 is 11.6 Å². The molecule has 0 aromatic heterocycles. The molecule has 1 aromatic carbocycles. The summed E-state index contributed by atoms with van der Waals surface area (Å²) in [6, 6.07) is 3.31. The van der Waals surface area contributed by atoms with Crippen molar-refractivity contribution in [3.05, 3.63) is 29.8 Å². The lowest BCUT2D eigenvalue weighted by molar-refractivity contribution is -0.120. The number of carbonyl (C=O) groups is 1. The molecule has 1 amide bonds. The fourth-order valence-electron chi connectivity index (χ4n) is 1.53. The second-order valence-electron chi connectivity index (χ2n) is 4.83. The molecular weight excluding hydrogens is 250 g/mol. The first-order valence-corrected chi connectivity index (χ1v) is 6.44. The minimum atomic E-state index is -0.653. The van der Waals surface area contributed by atoms with Crippen LogP contribution in [0.15, 0.2) is 18.2 Å². The Morgan fingerprint density at radius 3 is 2.63 bits per heavy atom. The molecule has 0 radical (unpaired) electrons. The van der Waals surface area contributed by atoms with Crippen molar-refractivity contribution in [3.8, 4) is 0 Å². The van der Waals surface area contributed by atoms with E-state index in [4.69, 9.17) is 0 Å². The fraction of sp³-hybridized carbons (Fsp3) is 0.500. The van der Waals surface area contributed by atoms with Crippen LogP contribution in [0.2, 0.25) is 0 Å². The van der Waals surface area contributed by atoms with Crippen LogP contribution in [0.25, 0.3) is 0 Å². The Labute approximate surface area is 112 Å². The number of carbonyl (C=O) groups excluding carboxylic acids is 1. The first kappa shape index (κ1) is 15.4. The van der Waals surface area contributed by atoms with Gasteiger partial charge in [-0.25, -0.2) is 8.78 Å². The van der Waals surface area contributed by atoms with Gasteiger partial charge in [0.25, 0.3) is 0 Å². The summed E-state index contributed by atoms with van der Waals surface area (Å²) >= 11 is 0. The molecule has 0 fully saturated rings. The summed E-state index contributed by atoms with van der Waals surface area (Å²) in [5.41, 5.74) is 0.205. The molecule has 1 rings (SSSR count). The Morgan fingerprint density at radius 2 is 2.00 bits per heavy atom. The molecule has 19 heavy (non-hydrogen) atoms. The zero-order valence-electron chi connectivity index (χ0n) is 11.3. The van der Waals surface area contributed by atoms with Gasteiger partial charge in [-0.15, -0.1) is 0 Å². The number of amides is 1. The highest BCUT2D eigenvalue weighted by molar-refractivity contribution is 5.76. The Hall–Kier alpha value is -1.65. The summed E-state index contributed by atoms with van der Waals surface area (Å²) < 4.78 is 25.9. The number of hydrogen-bond donors (Lipinski definition) is 2. The fourth-order valence-corrected chi connectivity index (χ4v) is 1.53. The van der Waals surface area contributed by atoms with Crippen molar-refractivity contribution < 1.29 is 13.6 Å². The number of hydrogen-bond acceptors (Lipinski definition) is 2. The lowest BCUT2D eigenvalue weighted by Crippen LogP contribution is -2.27. The van der Waals surface area contributed by atoms with Crippen LogP contribution in [0.1, 0.15) is 26.7 Å². The van der Waals surface area contributed by atoms with E-state index in [1.165, 1.54) is 12.1 Å². The molecule has 2 N–H and O–H groups in total. The predicted octanol–water partition coefficient (Wildman–Crippen LogP) is 2.93. The van der Waals surface area contributed by atoms with E-state index in [0.717, 1.165) is 12.5 Å². The highest BCUT2D eigenvalue weighted by Crippen LogP contribution is 2.14. The van der Waals surface area contributed by atoms with Gasteiger partial charge in [0.1, 0.15) is 11.6 Å². The molecule has 0 aliphatic carbocycles. The molecule has 0 aliphatic rings. The topological polar surface area (TPSA) is 41.1 Å². The third-order valence-electron chi connectivity index (χ3n) is 2.64. The smallest absolute Gasteiger partial charge is 0.221 e. The maximum atomic E-state index is 13.3. The van der Waals surface area contributed by atoms with E-state index in [1.54, 1.807) is 0 Å². The van der Waals surface area contributed by atoms with Crippen molar-refractivity contribution in [1.82, 2.24) is 5.32 Å². The van der Waals surface area contributed by atoms with Gasteiger partial charge in [-0.3, -0.25) is 4.79 Å². The monoisotopic (exact) mass is 270 g/mol. The highest BCUT2D eigenvalue weighted by atomic mass is 19.1. The summed E-state index contributed by atoms with van der Waals surface area (Å²) in [6.07, 6.45) is 1.20. The van der Waals surface area contributed by atoms with Crippen molar-refractivity contribution in [2.75, 3.05) is 18.4 Å². The average Bonchev–Trinajstić information content (AvgIpc) is 2.31. The zero-order valence-corrected chi connectivity index (χ0v) is 11.3. The van der Waals surface area contributed by atoms with E-state index in [2.05, 4.69) is 24.5 Å². The third kappa shape index (κ3) is 6.18. The van der Waals surface area contributed by atoms with Crippen LogP contribution in [-0.2, 0) is 4.79 Å². The third-order valence-corrected chi connectivity index (χ3v) is 2.64. The van der Waals surface area contributed by atoms with Crippen LogP contribution in [0.4, 0.5) is 14.5 Å². The number of rotatable bonds is 7. The molecule has 106 valence electrons. The zero-order chi connectivity index (χ0) is 14.3. The van der Waals surface area contributed by atoms with Gasteiger partial charge in [0.05, 0.1) is 5.69 Å². The lowest BCUT2D eigenvalue weighted by Gasteiger charge is -2.09. The van der Waals surface area contributed by atoms with Crippen LogP contribution >= 0.6 is 0 Å². The van der Waals surface area contributed by atoms with E-state index in [9.17, 15) is 13.6 Å². The van der Waals surface area contributed by atoms with E-state index >= 15 is 0 Å². The first-order valence-electron chi connectivity index (χ1n) is 6.44. The molecular formula is C14H20F2N2O. The number of nitrogens with one attached hydrogen (secondary N) is 2. The van der Waals surface area contributed by atoms with Crippen molar-refractivity contribution in [2.45, 2.75) is 26.7 Å². The van der Waals surface area contributed by atoms with Crippen molar-refractivity contribution >= 4 is 11.6 Å². The van der Waals surface area contributed by atoms with Crippen LogP contribution in [-0.4, -0.2) is 19.0 Å². The number of benzene rings is 1. The molecule has 0 unspecified atom stereocenters. The molecule has 1 aromatic rings. The molecule has 0 saturated carbocycles. The standard InChI is InChI=1S/C14H20F2N2O/c1-10(2)5-7-18-14(19)6-8-17-13-4-3-11(15)9-12(13)16/h3-4,9-10,17H,5-8H2,1-2H3,(H,18,19). The minimum Gasteiger partial charge on any atom is -0.382 e. The highest BCUT2D eigenvalue weighted by Gasteiger charge is 2.05. The van der Waals surface area contributed by atoms with Crippen LogP contribution in [0.3, 0.4) is 0 Å². The molecule has 0 heterocycles.